The van der Waals surface area contributed by atoms with Crippen molar-refractivity contribution in [2.75, 3.05) is 24.8 Å². The molecule has 1 unspecified atom stereocenters. The Hall–Kier alpha value is -2.44. The third kappa shape index (κ3) is 4.81. The number of nitrogens with two attached hydrogens (primary N) is 1. The summed E-state index contributed by atoms with van der Waals surface area (Å²) in [4.78, 5) is 36.7. The van der Waals surface area contributed by atoms with E-state index in [2.05, 4.69) is 20.1 Å². The predicted molar refractivity (Wildman–Crippen MR) is 119 cm³/mol. The molecule has 1 atom stereocenters. The number of ether oxygens (including phenoxy) is 2. The molecule has 4 rings (SSSR count). The molecule has 1 aliphatic carbocycles. The van der Waals surface area contributed by atoms with Crippen LogP contribution in [0.1, 0.15) is 63.0 Å². The van der Waals surface area contributed by atoms with Gasteiger partial charge >= 0.3 is 5.97 Å². The number of nitrogens with zero attached hydrogens (tertiary/aromatic N) is 3. The summed E-state index contributed by atoms with van der Waals surface area (Å²) in [5.74, 6) is -0.191. The van der Waals surface area contributed by atoms with Crippen LogP contribution in [0, 0.1) is 6.92 Å². The summed E-state index contributed by atoms with van der Waals surface area (Å²) in [5, 5.41) is 12.3. The molecule has 2 aromatic heterocycles. The van der Waals surface area contributed by atoms with Crippen LogP contribution in [-0.2, 0) is 20.8 Å². The summed E-state index contributed by atoms with van der Waals surface area (Å²) in [6.07, 6.45) is 4.40. The van der Waals surface area contributed by atoms with E-state index in [9.17, 15) is 14.4 Å². The smallest absolute Gasteiger partial charge is 0.341 e. The lowest BCUT2D eigenvalue weighted by molar-refractivity contribution is -0.113. The van der Waals surface area contributed by atoms with Gasteiger partial charge in [-0.3, -0.25) is 9.59 Å². The van der Waals surface area contributed by atoms with Gasteiger partial charge in [-0.25, -0.2) is 4.79 Å². The first-order valence-electron chi connectivity index (χ1n) is 10.4. The monoisotopic (exact) mass is 479 g/mol. The van der Waals surface area contributed by atoms with Crippen molar-refractivity contribution < 1.29 is 23.9 Å². The first kappa shape index (κ1) is 22.7. The summed E-state index contributed by atoms with van der Waals surface area (Å²) < 4.78 is 12.6. The lowest BCUT2D eigenvalue weighted by Gasteiger charge is -2.14. The van der Waals surface area contributed by atoms with Gasteiger partial charge in [-0.05, 0) is 38.2 Å². The number of hydrogen-bond acceptors (Lipinski definition) is 9. The molecule has 0 radical (unpaired) electrons. The normalized spacial score (nSPS) is 18.0. The summed E-state index contributed by atoms with van der Waals surface area (Å²) in [5.41, 5.74) is 5.93. The van der Waals surface area contributed by atoms with Crippen LogP contribution in [0.3, 0.4) is 0 Å². The van der Waals surface area contributed by atoms with Gasteiger partial charge in [0.05, 0.1) is 36.0 Å². The number of amides is 2. The first-order valence-corrected chi connectivity index (χ1v) is 12.2. The molecule has 1 saturated heterocycles. The largest absolute Gasteiger partial charge is 0.465 e. The molecule has 0 bridgehead atoms. The second kappa shape index (κ2) is 9.59. The van der Waals surface area contributed by atoms with Crippen LogP contribution >= 0.6 is 23.1 Å². The number of thioether (sulfide) groups is 1. The van der Waals surface area contributed by atoms with E-state index in [4.69, 9.17) is 15.2 Å². The molecule has 0 spiro atoms. The van der Waals surface area contributed by atoms with Gasteiger partial charge in [0, 0.05) is 12.5 Å². The number of nitrogens with one attached hydrogen (secondary N) is 1. The molecule has 1 saturated carbocycles. The highest BCUT2D eigenvalue weighted by Gasteiger charge is 2.32. The number of rotatable bonds is 9. The first-order chi connectivity index (χ1) is 15.4. The molecule has 10 nitrogen and oxygen atoms in total. The molecule has 2 aromatic rings. The molecule has 3 N–H and O–H groups in total. The number of aromatic nitrogens is 3. The van der Waals surface area contributed by atoms with E-state index in [0.29, 0.717) is 23.2 Å². The lowest BCUT2D eigenvalue weighted by Crippen LogP contribution is -2.19. The Morgan fingerprint density at radius 1 is 1.31 bits per heavy atom. The van der Waals surface area contributed by atoms with Gasteiger partial charge in [0.1, 0.15) is 10.8 Å². The van der Waals surface area contributed by atoms with Crippen molar-refractivity contribution in [3.05, 3.63) is 21.8 Å². The molecule has 2 aliphatic rings. The van der Waals surface area contributed by atoms with Gasteiger partial charge in [-0.1, -0.05) is 11.8 Å². The zero-order valence-electron chi connectivity index (χ0n) is 17.9. The maximum atomic E-state index is 12.7. The van der Waals surface area contributed by atoms with Gasteiger partial charge in [-0.15, -0.1) is 21.5 Å². The van der Waals surface area contributed by atoms with Crippen LogP contribution in [0.15, 0.2) is 5.16 Å². The van der Waals surface area contributed by atoms with E-state index in [-0.39, 0.29) is 33.2 Å². The second-order valence-electron chi connectivity index (χ2n) is 7.81. The van der Waals surface area contributed by atoms with Crippen LogP contribution in [-0.4, -0.2) is 58.1 Å². The van der Waals surface area contributed by atoms with Gasteiger partial charge in [0.25, 0.3) is 5.91 Å². The zero-order valence-corrected chi connectivity index (χ0v) is 19.5. The molecule has 0 aromatic carbocycles. The molecule has 3 heterocycles. The average Bonchev–Trinajstić information content (AvgIpc) is 3.17. The quantitative estimate of drug-likeness (QED) is 0.413. The number of carbonyl (C=O) groups is 3. The minimum atomic E-state index is -0.664. The van der Waals surface area contributed by atoms with Gasteiger partial charge in [-0.2, -0.15) is 0 Å². The average molecular weight is 480 g/mol. The molecule has 12 heteroatoms. The summed E-state index contributed by atoms with van der Waals surface area (Å²) in [7, 11) is 1.24. The summed E-state index contributed by atoms with van der Waals surface area (Å²) in [6, 6.07) is 0. The van der Waals surface area contributed by atoms with Gasteiger partial charge < -0.3 is 25.1 Å². The Labute approximate surface area is 193 Å². The Morgan fingerprint density at radius 2 is 2.09 bits per heavy atom. The molecular formula is C20H25N5O5S2. The van der Waals surface area contributed by atoms with Crippen LogP contribution in [0.4, 0.5) is 5.00 Å². The molecule has 32 heavy (non-hydrogen) atoms. The van der Waals surface area contributed by atoms with Crippen LogP contribution in [0.25, 0.3) is 0 Å². The van der Waals surface area contributed by atoms with E-state index in [1.54, 1.807) is 6.92 Å². The minimum Gasteiger partial charge on any atom is -0.465 e. The van der Waals surface area contributed by atoms with Crippen molar-refractivity contribution in [2.24, 2.45) is 5.73 Å². The van der Waals surface area contributed by atoms with E-state index in [1.807, 2.05) is 0 Å². The molecule has 2 fully saturated rings. The third-order valence-electron chi connectivity index (χ3n) is 5.44. The highest BCUT2D eigenvalue weighted by Crippen LogP contribution is 2.40. The molecule has 2 amide bonds. The molecular weight excluding hydrogens is 454 g/mol. The van der Waals surface area contributed by atoms with Crippen molar-refractivity contribution in [2.45, 2.75) is 56.3 Å². The van der Waals surface area contributed by atoms with Crippen LogP contribution < -0.4 is 11.1 Å². The number of methoxy groups -OCH3 is 1. The minimum absolute atomic E-state index is 0.0673. The lowest BCUT2D eigenvalue weighted by atomic mass is 10.1. The van der Waals surface area contributed by atoms with E-state index in [1.165, 1.54) is 18.9 Å². The number of carbonyl (C=O) groups excluding carboxylic acids is 3. The van der Waals surface area contributed by atoms with Crippen molar-refractivity contribution in [1.82, 2.24) is 14.8 Å². The number of esters is 1. The maximum Gasteiger partial charge on any atom is 0.341 e. The number of hydrogen-bond donors (Lipinski definition) is 2. The zero-order chi connectivity index (χ0) is 22.8. The van der Waals surface area contributed by atoms with Crippen molar-refractivity contribution in [3.63, 3.8) is 0 Å². The fourth-order valence-electron chi connectivity index (χ4n) is 3.69. The third-order valence-corrected chi connectivity index (χ3v) is 7.63. The fraction of sp³-hybridized carbons (Fsp3) is 0.550. The highest BCUT2D eigenvalue weighted by atomic mass is 32.2. The van der Waals surface area contributed by atoms with Crippen molar-refractivity contribution in [3.8, 4) is 0 Å². The summed E-state index contributed by atoms with van der Waals surface area (Å²) >= 11 is 2.24. The Balaban J connectivity index is 1.46. The fourth-order valence-corrected chi connectivity index (χ4v) is 5.51. The van der Waals surface area contributed by atoms with Crippen molar-refractivity contribution in [1.29, 1.82) is 0 Å². The maximum absolute atomic E-state index is 12.7. The Bertz CT molecular complexity index is 1040. The highest BCUT2D eigenvalue weighted by molar-refractivity contribution is 7.99. The summed E-state index contributed by atoms with van der Waals surface area (Å²) in [6.45, 7) is 3.05. The Morgan fingerprint density at radius 3 is 2.72 bits per heavy atom. The topological polar surface area (TPSA) is 138 Å². The van der Waals surface area contributed by atoms with E-state index in [0.717, 1.165) is 49.5 Å². The van der Waals surface area contributed by atoms with Gasteiger partial charge in [0.2, 0.25) is 5.91 Å². The van der Waals surface area contributed by atoms with Crippen molar-refractivity contribution >= 4 is 45.9 Å². The van der Waals surface area contributed by atoms with Crippen LogP contribution in [0.2, 0.25) is 0 Å². The van der Waals surface area contributed by atoms with Crippen LogP contribution in [0.5, 0.6) is 0 Å². The number of thiophene rings is 1. The predicted octanol–water partition coefficient (Wildman–Crippen LogP) is 2.32. The number of primary amides is 1. The molecule has 1 aliphatic heterocycles. The SMILES string of the molecule is COC(=O)c1c(NC(=O)CSc2nnc(C3CC3)n2CC2CCCO2)sc(C(N)=O)c1C. The molecule has 172 valence electrons. The van der Waals surface area contributed by atoms with Gasteiger partial charge in [0.15, 0.2) is 5.16 Å². The second-order valence-corrected chi connectivity index (χ2v) is 9.78. The standard InChI is InChI=1S/C20H25N5O5S2/c1-10-14(19(28)29-2)18(32-15(10)16(21)27)22-13(26)9-31-20-24-23-17(11-5-6-11)25(20)8-12-4-3-7-30-12/h11-12H,3-9H2,1-2H3,(H2,21,27)(H,22,26). The van der Waals surface area contributed by atoms with E-state index < -0.39 is 11.9 Å². The van der Waals surface area contributed by atoms with E-state index >= 15 is 0 Å². The Kier molecular flexibility index (Phi) is 6.82. The number of anilines is 1.